The van der Waals surface area contributed by atoms with Gasteiger partial charge in [0.1, 0.15) is 5.75 Å². The standard InChI is InChI=1S/C67H44F3NO/c68-67(69,70)72-64-54(46-21-6-1-7-22-46)41-42-59-63(64)57-40-38-52(44-61(57)66(59,49-29-12-4-13-30-49)50-31-14-5-15-32-50)71(62-36-20-24-45-23-16-17-33-53(45)62)51-37-39-56-55-34-18-19-35-58(55)65(60(56)43-51,47-25-8-2-9-26-47)48-27-10-3-11-28-48/h1-44H. The van der Waals surface area contributed by atoms with Crippen LogP contribution in [0.2, 0.25) is 0 Å². The summed E-state index contributed by atoms with van der Waals surface area (Å²) in [7, 11) is 0. The summed E-state index contributed by atoms with van der Waals surface area (Å²) in [6.07, 6.45) is -4.98. The van der Waals surface area contributed by atoms with E-state index in [0.717, 1.165) is 66.8 Å². The van der Waals surface area contributed by atoms with Gasteiger partial charge in [-0.25, -0.2) is 0 Å². The van der Waals surface area contributed by atoms with Crippen molar-refractivity contribution in [3.8, 4) is 39.1 Å². The molecule has 72 heavy (non-hydrogen) atoms. The van der Waals surface area contributed by atoms with Crippen molar-refractivity contribution >= 4 is 27.8 Å². The minimum absolute atomic E-state index is 0.226. The lowest BCUT2D eigenvalue weighted by atomic mass is 9.67. The van der Waals surface area contributed by atoms with Crippen LogP contribution in [0.5, 0.6) is 5.75 Å². The van der Waals surface area contributed by atoms with E-state index < -0.39 is 17.2 Å². The van der Waals surface area contributed by atoms with Crippen molar-refractivity contribution in [2.45, 2.75) is 17.2 Å². The Labute approximate surface area is 416 Å². The van der Waals surface area contributed by atoms with Gasteiger partial charge in [0.2, 0.25) is 0 Å². The Kier molecular flexibility index (Phi) is 10.1. The summed E-state index contributed by atoms with van der Waals surface area (Å²) in [6, 6.07) is 91.5. The molecule has 0 unspecified atom stereocenters. The number of hydrogen-bond donors (Lipinski definition) is 0. The van der Waals surface area contributed by atoms with Gasteiger partial charge in [-0.05, 0) is 102 Å². The van der Waals surface area contributed by atoms with Gasteiger partial charge in [0.25, 0.3) is 0 Å². The van der Waals surface area contributed by atoms with Crippen LogP contribution in [-0.4, -0.2) is 6.36 Å². The second kappa shape index (κ2) is 16.9. The van der Waals surface area contributed by atoms with Gasteiger partial charge in [0, 0.05) is 27.9 Å². The molecular weight excluding hydrogens is 892 g/mol. The first kappa shape index (κ1) is 43.1. The van der Waals surface area contributed by atoms with Crippen molar-refractivity contribution in [2.75, 3.05) is 4.90 Å². The van der Waals surface area contributed by atoms with E-state index in [0.29, 0.717) is 27.8 Å². The Morgan fingerprint density at radius 2 is 0.792 bits per heavy atom. The van der Waals surface area contributed by atoms with Crippen LogP contribution in [0.4, 0.5) is 30.2 Å². The Morgan fingerprint density at radius 1 is 0.347 bits per heavy atom. The van der Waals surface area contributed by atoms with Crippen molar-refractivity contribution in [3.05, 3.63) is 311 Å². The molecule has 13 rings (SSSR count). The molecular formula is C67H44F3NO. The zero-order valence-electron chi connectivity index (χ0n) is 38.9. The normalized spacial score (nSPS) is 13.7. The highest BCUT2D eigenvalue weighted by Gasteiger charge is 2.50. The monoisotopic (exact) mass is 935 g/mol. The third-order valence-corrected chi connectivity index (χ3v) is 14.9. The van der Waals surface area contributed by atoms with E-state index in [2.05, 4.69) is 187 Å². The Hall–Kier alpha value is -8.93. The number of ether oxygens (including phenoxy) is 1. The van der Waals surface area contributed by atoms with Gasteiger partial charge in [-0.3, -0.25) is 0 Å². The minimum Gasteiger partial charge on any atom is -0.404 e. The number of halogens is 3. The maximum Gasteiger partial charge on any atom is 0.573 e. The van der Waals surface area contributed by atoms with Crippen molar-refractivity contribution in [1.29, 1.82) is 0 Å². The van der Waals surface area contributed by atoms with E-state index in [9.17, 15) is 0 Å². The maximum absolute atomic E-state index is 15.0. The van der Waals surface area contributed by atoms with Gasteiger partial charge in [-0.2, -0.15) is 0 Å². The summed E-state index contributed by atoms with van der Waals surface area (Å²) in [6.45, 7) is 0. The smallest absolute Gasteiger partial charge is 0.404 e. The third-order valence-electron chi connectivity index (χ3n) is 14.9. The van der Waals surface area contributed by atoms with E-state index in [1.165, 1.54) is 11.1 Å². The first-order valence-corrected chi connectivity index (χ1v) is 24.2. The highest BCUT2D eigenvalue weighted by molar-refractivity contribution is 6.01. The van der Waals surface area contributed by atoms with Gasteiger partial charge in [-0.1, -0.05) is 237 Å². The molecule has 0 N–H and O–H groups in total. The summed E-state index contributed by atoms with van der Waals surface area (Å²) in [5.74, 6) is -0.226. The summed E-state index contributed by atoms with van der Waals surface area (Å²) in [5, 5.41) is 2.13. The van der Waals surface area contributed by atoms with Crippen LogP contribution in [0.25, 0.3) is 44.2 Å². The third kappa shape index (κ3) is 6.58. The molecule has 0 bridgehead atoms. The van der Waals surface area contributed by atoms with E-state index >= 15 is 13.2 Å². The van der Waals surface area contributed by atoms with Crippen LogP contribution in [-0.2, 0) is 10.8 Å². The van der Waals surface area contributed by atoms with Gasteiger partial charge < -0.3 is 9.64 Å². The molecule has 0 aromatic heterocycles. The zero-order valence-corrected chi connectivity index (χ0v) is 38.9. The molecule has 5 heteroatoms. The van der Waals surface area contributed by atoms with Crippen molar-refractivity contribution in [2.24, 2.45) is 0 Å². The van der Waals surface area contributed by atoms with E-state index in [4.69, 9.17) is 4.74 Å². The van der Waals surface area contributed by atoms with Gasteiger partial charge in [0.15, 0.2) is 0 Å². The number of benzene rings is 11. The Bertz CT molecular complexity index is 3730. The molecule has 2 nitrogen and oxygen atoms in total. The second-order valence-electron chi connectivity index (χ2n) is 18.6. The van der Waals surface area contributed by atoms with Crippen molar-refractivity contribution < 1.29 is 17.9 Å². The molecule has 0 amide bonds. The predicted octanol–water partition coefficient (Wildman–Crippen LogP) is 17.6. The number of nitrogens with zero attached hydrogens (tertiary/aromatic N) is 1. The van der Waals surface area contributed by atoms with E-state index in [1.807, 2.05) is 78.9 Å². The molecule has 0 spiro atoms. The highest BCUT2D eigenvalue weighted by Crippen LogP contribution is 2.62. The molecule has 11 aromatic carbocycles. The van der Waals surface area contributed by atoms with E-state index in [1.54, 1.807) is 6.07 Å². The molecule has 0 radical (unpaired) electrons. The molecule has 0 saturated heterocycles. The lowest BCUT2D eigenvalue weighted by Crippen LogP contribution is -2.29. The molecule has 2 aliphatic rings. The number of fused-ring (bicyclic) bond motifs is 7. The van der Waals surface area contributed by atoms with Crippen molar-refractivity contribution in [3.63, 3.8) is 0 Å². The number of hydrogen-bond acceptors (Lipinski definition) is 2. The summed E-state index contributed by atoms with van der Waals surface area (Å²) in [5.41, 5.74) is 13.5. The Morgan fingerprint density at radius 3 is 1.38 bits per heavy atom. The van der Waals surface area contributed by atoms with Crippen LogP contribution in [0.15, 0.2) is 267 Å². The fourth-order valence-corrected chi connectivity index (χ4v) is 12.1. The van der Waals surface area contributed by atoms with Crippen LogP contribution < -0.4 is 9.64 Å². The van der Waals surface area contributed by atoms with Crippen molar-refractivity contribution in [1.82, 2.24) is 0 Å². The largest absolute Gasteiger partial charge is 0.573 e. The van der Waals surface area contributed by atoms with Gasteiger partial charge in [-0.15, -0.1) is 13.2 Å². The van der Waals surface area contributed by atoms with Crippen LogP contribution in [0, 0.1) is 0 Å². The Balaban J connectivity index is 1.13. The first-order chi connectivity index (χ1) is 35.4. The summed E-state index contributed by atoms with van der Waals surface area (Å²) < 4.78 is 50.3. The zero-order chi connectivity index (χ0) is 48.4. The molecule has 11 aromatic rings. The van der Waals surface area contributed by atoms with E-state index in [-0.39, 0.29) is 5.75 Å². The summed E-state index contributed by atoms with van der Waals surface area (Å²) in [4.78, 5) is 2.33. The topological polar surface area (TPSA) is 12.5 Å². The molecule has 0 saturated carbocycles. The number of rotatable bonds is 9. The highest BCUT2D eigenvalue weighted by atomic mass is 19.4. The average Bonchev–Trinajstić information content (AvgIpc) is 3.90. The molecule has 0 fully saturated rings. The number of alkyl halides is 3. The van der Waals surface area contributed by atoms with Crippen LogP contribution in [0.3, 0.4) is 0 Å². The number of anilines is 3. The summed E-state index contributed by atoms with van der Waals surface area (Å²) >= 11 is 0. The lowest BCUT2D eigenvalue weighted by Gasteiger charge is -2.36. The van der Waals surface area contributed by atoms with Gasteiger partial charge in [0.05, 0.1) is 16.5 Å². The molecule has 2 aliphatic carbocycles. The lowest BCUT2D eigenvalue weighted by molar-refractivity contribution is -0.274. The fourth-order valence-electron chi connectivity index (χ4n) is 12.1. The van der Waals surface area contributed by atoms with Crippen LogP contribution >= 0.6 is 0 Å². The quantitative estimate of drug-likeness (QED) is 0.143. The molecule has 0 atom stereocenters. The SMILES string of the molecule is FC(F)(F)Oc1c(-c2ccccc2)ccc2c1-c1ccc(N(c3ccc4c(c3)C(c3ccccc3)(c3ccccc3)c3ccccc3-4)c3cccc4ccccc34)cc1C2(c1ccccc1)c1ccccc1. The minimum atomic E-state index is -4.98. The molecule has 0 aliphatic heterocycles. The molecule has 344 valence electrons. The maximum atomic E-state index is 15.0. The van der Waals surface area contributed by atoms with Gasteiger partial charge >= 0.3 is 6.36 Å². The molecule has 0 heterocycles. The first-order valence-electron chi connectivity index (χ1n) is 24.2. The predicted molar refractivity (Wildman–Crippen MR) is 285 cm³/mol. The average molecular weight is 936 g/mol. The second-order valence-corrected chi connectivity index (χ2v) is 18.6. The fraction of sp³-hybridized carbons (Fsp3) is 0.0448. The van der Waals surface area contributed by atoms with Crippen LogP contribution in [0.1, 0.15) is 44.5 Å².